The summed E-state index contributed by atoms with van der Waals surface area (Å²) < 4.78 is 5.74. The quantitative estimate of drug-likeness (QED) is 0.364. The minimum absolute atomic E-state index is 0.698. The Kier molecular flexibility index (Phi) is 7.01. The molecule has 0 radical (unpaired) electrons. The molecule has 0 aliphatic heterocycles. The molecule has 0 aromatic heterocycles. The molecule has 0 saturated carbocycles. The summed E-state index contributed by atoms with van der Waals surface area (Å²) in [6.45, 7) is 7.57. The fourth-order valence-electron chi connectivity index (χ4n) is 3.10. The monoisotopic (exact) mass is 356 g/mol. The first-order valence-corrected chi connectivity index (χ1v) is 9.80. The Morgan fingerprint density at radius 2 is 1.19 bits per heavy atom. The third-order valence-corrected chi connectivity index (χ3v) is 4.81. The fraction of sp³-hybridized carbons (Fsp3) is 0.231. The van der Waals surface area contributed by atoms with Crippen LogP contribution < -0.4 is 0 Å². The first-order chi connectivity index (χ1) is 13.3. The molecule has 138 valence electrons. The molecule has 1 nitrogen and oxygen atoms in total. The number of hydrogen-bond acceptors (Lipinski definition) is 1. The van der Waals surface area contributed by atoms with E-state index in [1.165, 1.54) is 40.7 Å². The number of unbranched alkanes of at least 4 members (excludes halogenated alkanes) is 2. The maximum Gasteiger partial charge on any atom is 0.0716 e. The summed E-state index contributed by atoms with van der Waals surface area (Å²) in [5.74, 6) is 0. The smallest absolute Gasteiger partial charge is 0.0716 e. The molecule has 0 spiro atoms. The normalized spacial score (nSPS) is 10.7. The van der Waals surface area contributed by atoms with Crippen molar-refractivity contribution in [3.8, 4) is 22.3 Å². The molecule has 1 heteroatoms. The van der Waals surface area contributed by atoms with E-state index in [-0.39, 0.29) is 0 Å². The zero-order valence-corrected chi connectivity index (χ0v) is 16.2. The average molecular weight is 357 g/mol. The lowest BCUT2D eigenvalue weighted by Crippen LogP contribution is -1.95. The first-order valence-electron chi connectivity index (χ1n) is 9.80. The van der Waals surface area contributed by atoms with Crippen LogP contribution >= 0.6 is 0 Å². The topological polar surface area (TPSA) is 9.23 Å². The van der Waals surface area contributed by atoms with Crippen LogP contribution in [0.3, 0.4) is 0 Å². The van der Waals surface area contributed by atoms with Gasteiger partial charge in [0, 0.05) is 6.61 Å². The van der Waals surface area contributed by atoms with Gasteiger partial charge in [-0.05, 0) is 39.8 Å². The summed E-state index contributed by atoms with van der Waals surface area (Å²) in [5, 5.41) is 0. The maximum atomic E-state index is 5.74. The van der Waals surface area contributed by atoms with Gasteiger partial charge >= 0.3 is 0 Å². The number of benzene rings is 3. The summed E-state index contributed by atoms with van der Waals surface area (Å²) in [5.41, 5.74) is 7.29. The van der Waals surface area contributed by atoms with Gasteiger partial charge in [-0.25, -0.2) is 0 Å². The lowest BCUT2D eigenvalue weighted by atomic mass is 9.99. The number of hydrogen-bond donors (Lipinski definition) is 0. The molecule has 3 aromatic rings. The van der Waals surface area contributed by atoms with E-state index in [4.69, 9.17) is 4.74 Å². The van der Waals surface area contributed by atoms with Crippen molar-refractivity contribution >= 4 is 6.08 Å². The molecule has 3 aromatic carbocycles. The van der Waals surface area contributed by atoms with E-state index in [2.05, 4.69) is 86.3 Å². The molecule has 0 aliphatic rings. The lowest BCUT2D eigenvalue weighted by Gasteiger charge is -2.08. The highest BCUT2D eigenvalue weighted by molar-refractivity contribution is 5.71. The van der Waals surface area contributed by atoms with Gasteiger partial charge in [0.15, 0.2) is 0 Å². The Hall–Kier alpha value is -2.64. The molecular weight excluding hydrogens is 328 g/mol. The van der Waals surface area contributed by atoms with Crippen molar-refractivity contribution in [2.45, 2.75) is 32.8 Å². The van der Waals surface area contributed by atoms with Crippen LogP contribution in [0, 0.1) is 0 Å². The van der Waals surface area contributed by atoms with Gasteiger partial charge in [0.25, 0.3) is 0 Å². The van der Waals surface area contributed by atoms with Gasteiger partial charge in [-0.2, -0.15) is 0 Å². The number of ether oxygens (including phenoxy) is 1. The van der Waals surface area contributed by atoms with E-state index in [0.717, 1.165) is 18.6 Å². The molecule has 0 fully saturated rings. The molecule has 3 rings (SSSR count). The Balaban J connectivity index is 1.61. The van der Waals surface area contributed by atoms with Crippen LogP contribution in [0.1, 0.15) is 37.3 Å². The van der Waals surface area contributed by atoms with Crippen molar-refractivity contribution in [3.63, 3.8) is 0 Å². The van der Waals surface area contributed by atoms with Crippen LogP contribution in [0.15, 0.2) is 79.4 Å². The Morgan fingerprint density at radius 1 is 0.704 bits per heavy atom. The molecule has 0 aliphatic carbocycles. The average Bonchev–Trinajstić information content (AvgIpc) is 2.74. The van der Waals surface area contributed by atoms with Gasteiger partial charge in [0.2, 0.25) is 0 Å². The molecular formula is C26H28O. The van der Waals surface area contributed by atoms with Crippen molar-refractivity contribution in [2.75, 3.05) is 6.61 Å². The third-order valence-electron chi connectivity index (χ3n) is 4.81. The predicted octanol–water partition coefficient (Wildman–Crippen LogP) is 7.37. The lowest BCUT2D eigenvalue weighted by molar-refractivity contribution is 0.117. The SMILES string of the molecule is C=Cc1ccc(-c2ccc(-c3ccc(COCCCCC)cc3)cc2)cc1. The van der Waals surface area contributed by atoms with Crippen LogP contribution in [0.4, 0.5) is 0 Å². The van der Waals surface area contributed by atoms with Gasteiger partial charge in [-0.3, -0.25) is 0 Å². The molecule has 0 saturated heterocycles. The van der Waals surface area contributed by atoms with E-state index >= 15 is 0 Å². The van der Waals surface area contributed by atoms with Crippen LogP contribution in [0.2, 0.25) is 0 Å². The van der Waals surface area contributed by atoms with Crippen molar-refractivity contribution in [3.05, 3.63) is 90.5 Å². The highest BCUT2D eigenvalue weighted by Gasteiger charge is 2.01. The fourth-order valence-corrected chi connectivity index (χ4v) is 3.10. The Bertz CT molecular complexity index is 827. The summed E-state index contributed by atoms with van der Waals surface area (Å²) in [6, 6.07) is 25.9. The maximum absolute atomic E-state index is 5.74. The Morgan fingerprint density at radius 3 is 1.67 bits per heavy atom. The van der Waals surface area contributed by atoms with Crippen LogP contribution in [0.5, 0.6) is 0 Å². The zero-order chi connectivity index (χ0) is 18.9. The Labute approximate surface area is 163 Å². The van der Waals surface area contributed by atoms with E-state index < -0.39 is 0 Å². The summed E-state index contributed by atoms with van der Waals surface area (Å²) in [6.07, 6.45) is 5.49. The van der Waals surface area contributed by atoms with E-state index in [1.54, 1.807) is 0 Å². The second-order valence-electron chi connectivity index (χ2n) is 6.86. The molecule has 0 heterocycles. The molecule has 0 N–H and O–H groups in total. The van der Waals surface area contributed by atoms with Crippen LogP contribution in [-0.2, 0) is 11.3 Å². The zero-order valence-electron chi connectivity index (χ0n) is 16.2. The van der Waals surface area contributed by atoms with Gasteiger partial charge in [-0.1, -0.05) is 105 Å². The van der Waals surface area contributed by atoms with Crippen molar-refractivity contribution < 1.29 is 4.74 Å². The number of rotatable bonds is 9. The van der Waals surface area contributed by atoms with Crippen molar-refractivity contribution in [2.24, 2.45) is 0 Å². The molecule has 0 amide bonds. The minimum atomic E-state index is 0.698. The van der Waals surface area contributed by atoms with E-state index in [1.807, 2.05) is 6.08 Å². The highest BCUT2D eigenvalue weighted by Crippen LogP contribution is 2.25. The third kappa shape index (κ3) is 5.42. The largest absolute Gasteiger partial charge is 0.377 e. The minimum Gasteiger partial charge on any atom is -0.377 e. The van der Waals surface area contributed by atoms with Gasteiger partial charge in [-0.15, -0.1) is 0 Å². The predicted molar refractivity (Wildman–Crippen MR) is 117 cm³/mol. The summed E-state index contributed by atoms with van der Waals surface area (Å²) in [4.78, 5) is 0. The first kappa shape index (κ1) is 19.1. The van der Waals surface area contributed by atoms with E-state index in [9.17, 15) is 0 Å². The highest BCUT2D eigenvalue weighted by atomic mass is 16.5. The summed E-state index contributed by atoms with van der Waals surface area (Å²) >= 11 is 0. The molecule has 0 bridgehead atoms. The standard InChI is InChI=1S/C26H28O/c1-3-5-6-19-27-20-22-9-13-24(14-10-22)26-17-15-25(16-18-26)23-11-7-21(4-2)8-12-23/h4,7-18H,2-3,5-6,19-20H2,1H3. The molecule has 27 heavy (non-hydrogen) atoms. The van der Waals surface area contributed by atoms with Gasteiger partial charge < -0.3 is 4.74 Å². The van der Waals surface area contributed by atoms with Crippen LogP contribution in [0.25, 0.3) is 28.3 Å². The second kappa shape index (κ2) is 9.89. The van der Waals surface area contributed by atoms with Crippen LogP contribution in [-0.4, -0.2) is 6.61 Å². The second-order valence-corrected chi connectivity index (χ2v) is 6.86. The van der Waals surface area contributed by atoms with E-state index in [0.29, 0.717) is 6.61 Å². The molecule has 0 atom stereocenters. The van der Waals surface area contributed by atoms with Crippen molar-refractivity contribution in [1.82, 2.24) is 0 Å². The molecule has 0 unspecified atom stereocenters. The van der Waals surface area contributed by atoms with Crippen molar-refractivity contribution in [1.29, 1.82) is 0 Å². The summed E-state index contributed by atoms with van der Waals surface area (Å²) in [7, 11) is 0. The van der Waals surface area contributed by atoms with Gasteiger partial charge in [0.05, 0.1) is 6.61 Å². The van der Waals surface area contributed by atoms with Gasteiger partial charge in [0.1, 0.15) is 0 Å².